The minimum absolute atomic E-state index is 0.0409. The first kappa shape index (κ1) is 14.3. The van der Waals surface area contributed by atoms with Crippen LogP contribution in [-0.4, -0.2) is 47.3 Å². The molecule has 0 aromatic carbocycles. The van der Waals surface area contributed by atoms with Crippen molar-refractivity contribution >= 4 is 26.1 Å². The van der Waals surface area contributed by atoms with E-state index in [2.05, 4.69) is 15.3 Å². The van der Waals surface area contributed by atoms with E-state index in [4.69, 9.17) is 10.5 Å². The van der Waals surface area contributed by atoms with Crippen LogP contribution in [0.15, 0.2) is 0 Å². The molecule has 2 aromatic rings. The zero-order valence-electron chi connectivity index (χ0n) is 10.6. The highest BCUT2D eigenvalue weighted by Crippen LogP contribution is 2.21. The van der Waals surface area contributed by atoms with Gasteiger partial charge in [-0.05, 0) is 6.42 Å². The summed E-state index contributed by atoms with van der Waals surface area (Å²) in [5, 5.41) is 12.8. The van der Waals surface area contributed by atoms with E-state index in [-0.39, 0.29) is 5.75 Å². The highest BCUT2D eigenvalue weighted by Gasteiger charge is 2.17. The predicted octanol–water partition coefficient (Wildman–Crippen LogP) is -0.233. The number of rotatable bonds is 6. The number of nitrogens with zero attached hydrogens (tertiary/aromatic N) is 4. The number of hydrogen-bond donors (Lipinski definition) is 1. The fraction of sp³-hybridized carbons (Fsp3) is 0.667. The van der Waals surface area contributed by atoms with Gasteiger partial charge in [0, 0.05) is 13.4 Å². The van der Waals surface area contributed by atoms with Crippen molar-refractivity contribution in [3.63, 3.8) is 0 Å². The SMILES string of the molecule is COCc1nnc2sc(C(N)CCS(C)(=O)=O)nn12. The molecule has 0 saturated carbocycles. The summed E-state index contributed by atoms with van der Waals surface area (Å²) in [7, 11) is -1.46. The van der Waals surface area contributed by atoms with Gasteiger partial charge in [-0.1, -0.05) is 11.3 Å². The molecule has 0 aliphatic heterocycles. The summed E-state index contributed by atoms with van der Waals surface area (Å²) < 4.78 is 28.8. The third-order valence-corrected chi connectivity index (χ3v) is 4.47. The molecule has 8 nitrogen and oxygen atoms in total. The molecule has 0 spiro atoms. The lowest BCUT2D eigenvalue weighted by Crippen LogP contribution is -2.16. The van der Waals surface area contributed by atoms with Gasteiger partial charge >= 0.3 is 0 Å². The van der Waals surface area contributed by atoms with E-state index in [1.807, 2.05) is 0 Å². The van der Waals surface area contributed by atoms with Crippen LogP contribution in [0, 0.1) is 0 Å². The molecule has 10 heteroatoms. The molecule has 0 amide bonds. The van der Waals surface area contributed by atoms with Gasteiger partial charge in [0.25, 0.3) is 0 Å². The number of aromatic nitrogens is 4. The lowest BCUT2D eigenvalue weighted by Gasteiger charge is -2.05. The van der Waals surface area contributed by atoms with Gasteiger partial charge in [0.15, 0.2) is 5.82 Å². The largest absolute Gasteiger partial charge is 0.377 e. The van der Waals surface area contributed by atoms with Gasteiger partial charge in [0.1, 0.15) is 21.5 Å². The molecule has 2 N–H and O–H groups in total. The van der Waals surface area contributed by atoms with Crippen LogP contribution in [0.25, 0.3) is 4.96 Å². The van der Waals surface area contributed by atoms with Crippen molar-refractivity contribution < 1.29 is 13.2 Å². The Bertz CT molecular complexity index is 662. The fourth-order valence-electron chi connectivity index (χ4n) is 1.51. The maximum absolute atomic E-state index is 11.1. The summed E-state index contributed by atoms with van der Waals surface area (Å²) in [6, 6.07) is -0.420. The molecule has 19 heavy (non-hydrogen) atoms. The second-order valence-corrected chi connectivity index (χ2v) is 7.46. The van der Waals surface area contributed by atoms with E-state index in [1.165, 1.54) is 17.6 Å². The summed E-state index contributed by atoms with van der Waals surface area (Å²) in [4.78, 5) is 0.622. The molecule has 106 valence electrons. The first-order valence-electron chi connectivity index (χ1n) is 5.54. The Morgan fingerprint density at radius 1 is 1.47 bits per heavy atom. The Morgan fingerprint density at radius 2 is 2.21 bits per heavy atom. The van der Waals surface area contributed by atoms with Crippen LogP contribution in [0.2, 0.25) is 0 Å². The molecule has 0 radical (unpaired) electrons. The summed E-state index contributed by atoms with van der Waals surface area (Å²) in [6.45, 7) is 0.308. The summed E-state index contributed by atoms with van der Waals surface area (Å²) in [5.41, 5.74) is 5.94. The molecule has 2 heterocycles. The standard InChI is InChI=1S/C9H15N5O3S2/c1-17-5-7-11-12-9-14(7)13-8(18-9)6(10)3-4-19(2,15)16/h6H,3-5,10H2,1-2H3. The number of fused-ring (bicyclic) bond motifs is 1. The quantitative estimate of drug-likeness (QED) is 0.784. The van der Waals surface area contributed by atoms with Crippen molar-refractivity contribution in [1.82, 2.24) is 19.8 Å². The Balaban J connectivity index is 2.16. The van der Waals surface area contributed by atoms with Gasteiger partial charge in [-0.25, -0.2) is 8.42 Å². The number of nitrogens with two attached hydrogens (primary N) is 1. The highest BCUT2D eigenvalue weighted by molar-refractivity contribution is 7.90. The van der Waals surface area contributed by atoms with Crippen LogP contribution >= 0.6 is 11.3 Å². The van der Waals surface area contributed by atoms with E-state index >= 15 is 0 Å². The molecule has 1 atom stereocenters. The molecular formula is C9H15N5O3S2. The first-order valence-corrected chi connectivity index (χ1v) is 8.41. The Labute approximate surface area is 114 Å². The minimum Gasteiger partial charge on any atom is -0.377 e. The minimum atomic E-state index is -3.02. The smallest absolute Gasteiger partial charge is 0.234 e. The second-order valence-electron chi connectivity index (χ2n) is 4.21. The number of methoxy groups -OCH3 is 1. The van der Waals surface area contributed by atoms with Gasteiger partial charge in [0.2, 0.25) is 4.96 Å². The Hall–Kier alpha value is -1.10. The fourth-order valence-corrected chi connectivity index (χ4v) is 3.08. The normalized spacial score (nSPS) is 14.1. The molecule has 2 aromatic heterocycles. The maximum Gasteiger partial charge on any atom is 0.234 e. The zero-order valence-corrected chi connectivity index (χ0v) is 12.2. The Kier molecular flexibility index (Phi) is 4.13. The maximum atomic E-state index is 11.1. The van der Waals surface area contributed by atoms with Crippen molar-refractivity contribution in [1.29, 1.82) is 0 Å². The summed E-state index contributed by atoms with van der Waals surface area (Å²) >= 11 is 1.31. The van der Waals surface area contributed by atoms with Gasteiger partial charge in [-0.3, -0.25) is 0 Å². The molecule has 0 saturated heterocycles. The molecular weight excluding hydrogens is 290 g/mol. The summed E-state index contributed by atoms with van der Waals surface area (Å²) in [5.74, 6) is 0.634. The van der Waals surface area contributed by atoms with Crippen LogP contribution in [0.4, 0.5) is 0 Å². The van der Waals surface area contributed by atoms with Crippen LogP contribution in [0.3, 0.4) is 0 Å². The van der Waals surface area contributed by atoms with E-state index in [9.17, 15) is 8.42 Å². The van der Waals surface area contributed by atoms with Crippen LogP contribution in [0.1, 0.15) is 23.3 Å². The predicted molar refractivity (Wildman–Crippen MR) is 70.6 cm³/mol. The van der Waals surface area contributed by atoms with Gasteiger partial charge in [-0.2, -0.15) is 9.61 Å². The van der Waals surface area contributed by atoms with Crippen molar-refractivity contribution in [2.75, 3.05) is 19.1 Å². The third-order valence-electron chi connectivity index (χ3n) is 2.46. The molecule has 0 fully saturated rings. The highest BCUT2D eigenvalue weighted by atomic mass is 32.2. The summed E-state index contributed by atoms with van der Waals surface area (Å²) in [6.07, 6.45) is 1.53. The van der Waals surface area contributed by atoms with Crippen molar-refractivity contribution in [3.05, 3.63) is 10.8 Å². The second kappa shape index (κ2) is 5.49. The van der Waals surface area contributed by atoms with Crippen molar-refractivity contribution in [2.45, 2.75) is 19.1 Å². The van der Waals surface area contributed by atoms with Crippen LogP contribution in [0.5, 0.6) is 0 Å². The van der Waals surface area contributed by atoms with E-state index < -0.39 is 15.9 Å². The van der Waals surface area contributed by atoms with Crippen LogP contribution < -0.4 is 5.73 Å². The molecule has 0 bridgehead atoms. The lowest BCUT2D eigenvalue weighted by atomic mass is 10.2. The lowest BCUT2D eigenvalue weighted by molar-refractivity contribution is 0.176. The van der Waals surface area contributed by atoms with Crippen molar-refractivity contribution in [2.24, 2.45) is 5.73 Å². The topological polar surface area (TPSA) is 112 Å². The molecule has 0 aliphatic carbocycles. The van der Waals surface area contributed by atoms with E-state index in [0.717, 1.165) is 0 Å². The first-order chi connectivity index (χ1) is 8.90. The molecule has 2 rings (SSSR count). The molecule has 1 unspecified atom stereocenters. The average molecular weight is 305 g/mol. The van der Waals surface area contributed by atoms with Gasteiger partial charge in [-0.15, -0.1) is 10.2 Å². The van der Waals surface area contributed by atoms with Gasteiger partial charge in [0.05, 0.1) is 11.8 Å². The van der Waals surface area contributed by atoms with E-state index in [1.54, 1.807) is 11.6 Å². The molecule has 0 aliphatic rings. The Morgan fingerprint density at radius 3 is 2.84 bits per heavy atom. The van der Waals surface area contributed by atoms with Crippen molar-refractivity contribution in [3.8, 4) is 0 Å². The number of sulfone groups is 1. The monoisotopic (exact) mass is 305 g/mol. The van der Waals surface area contributed by atoms with E-state index in [0.29, 0.717) is 28.8 Å². The van der Waals surface area contributed by atoms with Gasteiger partial charge < -0.3 is 10.5 Å². The number of hydrogen-bond acceptors (Lipinski definition) is 8. The third kappa shape index (κ3) is 3.47. The number of ether oxygens (including phenoxy) is 1. The van der Waals surface area contributed by atoms with Crippen LogP contribution in [-0.2, 0) is 21.2 Å². The zero-order chi connectivity index (χ0) is 14.0. The average Bonchev–Trinajstić information content (AvgIpc) is 2.87.